The number of phenols is 1. The summed E-state index contributed by atoms with van der Waals surface area (Å²) in [6.45, 7) is 1.37. The normalized spacial score (nSPS) is 15.3. The van der Waals surface area contributed by atoms with Gasteiger partial charge in [0.1, 0.15) is 11.3 Å². The van der Waals surface area contributed by atoms with Crippen LogP contribution in [0.15, 0.2) is 30.3 Å². The van der Waals surface area contributed by atoms with Crippen molar-refractivity contribution in [3.05, 3.63) is 47.0 Å². The van der Waals surface area contributed by atoms with Gasteiger partial charge < -0.3 is 24.6 Å². The van der Waals surface area contributed by atoms with Gasteiger partial charge in [0.25, 0.3) is 0 Å². The number of phenolic OH excluding ortho intramolecular Hbond substituents is 1. The van der Waals surface area contributed by atoms with E-state index in [1.54, 1.807) is 18.2 Å². The van der Waals surface area contributed by atoms with Crippen molar-refractivity contribution < 1.29 is 28.9 Å². The minimum absolute atomic E-state index is 0.144. The van der Waals surface area contributed by atoms with Crippen molar-refractivity contribution in [2.75, 3.05) is 19.5 Å². The molecule has 2 aromatic rings. The summed E-state index contributed by atoms with van der Waals surface area (Å²) in [5.74, 6) is -0.174. The van der Waals surface area contributed by atoms with E-state index in [1.165, 1.54) is 33.3 Å². The minimum atomic E-state index is -0.745. The Morgan fingerprint density at radius 3 is 2.56 bits per heavy atom. The molecular weight excluding hydrogens is 326 g/mol. The number of nitrogens with one attached hydrogen (secondary N) is 1. The van der Waals surface area contributed by atoms with Crippen molar-refractivity contribution in [3.63, 3.8) is 0 Å². The summed E-state index contributed by atoms with van der Waals surface area (Å²) in [5, 5.41) is 12.9. The number of anilines is 1. The van der Waals surface area contributed by atoms with Crippen molar-refractivity contribution in [2.45, 2.75) is 13.2 Å². The molecule has 25 heavy (non-hydrogen) atoms. The smallest absolute Gasteiger partial charge is 0.344 e. The largest absolute Gasteiger partial charge is 0.507 e. The maximum Gasteiger partial charge on any atom is 0.344 e. The first-order valence-electron chi connectivity index (χ1n) is 7.52. The molecule has 0 saturated carbocycles. The van der Waals surface area contributed by atoms with Gasteiger partial charge >= 0.3 is 5.97 Å². The van der Waals surface area contributed by atoms with Crippen LogP contribution in [0.2, 0.25) is 0 Å². The number of hydrogen-bond donors (Lipinski definition) is 2. The second-order valence-electron chi connectivity index (χ2n) is 5.48. The third kappa shape index (κ3) is 2.84. The number of hydrogen-bond acceptors (Lipinski definition) is 7. The van der Waals surface area contributed by atoms with E-state index in [4.69, 9.17) is 14.2 Å². The van der Waals surface area contributed by atoms with Crippen molar-refractivity contribution in [1.29, 1.82) is 0 Å². The number of rotatable bonds is 5. The summed E-state index contributed by atoms with van der Waals surface area (Å²) in [6.07, 6.45) is -0.745. The van der Waals surface area contributed by atoms with Gasteiger partial charge in [0.15, 0.2) is 17.3 Å². The van der Waals surface area contributed by atoms with Gasteiger partial charge in [-0.3, -0.25) is 4.79 Å². The molecule has 1 aliphatic heterocycles. The van der Waals surface area contributed by atoms with Gasteiger partial charge in [-0.15, -0.1) is 0 Å². The third-order valence-electron chi connectivity index (χ3n) is 3.96. The molecule has 1 atom stereocenters. The first-order valence-corrected chi connectivity index (χ1v) is 7.52. The number of ether oxygens (including phenoxy) is 3. The molecule has 0 spiro atoms. The highest BCUT2D eigenvalue weighted by molar-refractivity contribution is 5.99. The molecule has 0 fully saturated rings. The molecule has 2 N–H and O–H groups in total. The summed E-state index contributed by atoms with van der Waals surface area (Å²) < 4.78 is 15.8. The van der Waals surface area contributed by atoms with Gasteiger partial charge in [0.2, 0.25) is 6.23 Å². The molecule has 130 valence electrons. The summed E-state index contributed by atoms with van der Waals surface area (Å²) >= 11 is 0. The van der Waals surface area contributed by atoms with Crippen LogP contribution in [0.25, 0.3) is 0 Å². The summed E-state index contributed by atoms with van der Waals surface area (Å²) in [4.78, 5) is 23.6. The fourth-order valence-electron chi connectivity index (χ4n) is 2.78. The molecule has 3 rings (SSSR count). The first kappa shape index (κ1) is 16.6. The zero-order valence-electron chi connectivity index (χ0n) is 14.0. The third-order valence-corrected chi connectivity index (χ3v) is 3.96. The lowest BCUT2D eigenvalue weighted by molar-refractivity contribution is 0.0435. The highest BCUT2D eigenvalue weighted by atomic mass is 16.6. The zero-order valence-corrected chi connectivity index (χ0v) is 14.0. The summed E-state index contributed by atoms with van der Waals surface area (Å²) in [6, 6.07) is 7.94. The first-order chi connectivity index (χ1) is 12.0. The van der Waals surface area contributed by atoms with E-state index in [-0.39, 0.29) is 17.1 Å². The molecule has 1 aliphatic rings. The number of aromatic hydroxyl groups is 1. The van der Waals surface area contributed by atoms with Crippen LogP contribution in [0.1, 0.15) is 39.4 Å². The van der Waals surface area contributed by atoms with Crippen molar-refractivity contribution in [1.82, 2.24) is 0 Å². The van der Waals surface area contributed by atoms with Gasteiger partial charge in [-0.05, 0) is 31.2 Å². The Balaban J connectivity index is 1.94. The van der Waals surface area contributed by atoms with Gasteiger partial charge in [-0.1, -0.05) is 0 Å². The number of cyclic esters (lactones) is 1. The van der Waals surface area contributed by atoms with Crippen LogP contribution >= 0.6 is 0 Å². The molecule has 2 aromatic carbocycles. The number of fused-ring (bicyclic) bond motifs is 1. The van der Waals surface area contributed by atoms with Crippen LogP contribution in [0.4, 0.5) is 5.69 Å². The maximum atomic E-state index is 12.2. The SMILES string of the molecule is COc1ccc2c(c1OC)C(=O)O[C@H]2Nc1ccc(C(C)=O)c(O)c1. The van der Waals surface area contributed by atoms with Gasteiger partial charge in [0, 0.05) is 17.3 Å². The molecule has 0 saturated heterocycles. The molecule has 1 heterocycles. The summed E-state index contributed by atoms with van der Waals surface area (Å²) in [5.41, 5.74) is 1.62. The van der Waals surface area contributed by atoms with Crippen LogP contribution in [0.3, 0.4) is 0 Å². The topological polar surface area (TPSA) is 94.1 Å². The molecule has 7 nitrogen and oxygen atoms in total. The Morgan fingerprint density at radius 2 is 1.96 bits per heavy atom. The van der Waals surface area contributed by atoms with Crippen LogP contribution < -0.4 is 14.8 Å². The van der Waals surface area contributed by atoms with E-state index < -0.39 is 12.2 Å². The Kier molecular flexibility index (Phi) is 4.22. The second kappa shape index (κ2) is 6.35. The van der Waals surface area contributed by atoms with E-state index in [0.717, 1.165) is 0 Å². The molecule has 0 bridgehead atoms. The fourth-order valence-corrected chi connectivity index (χ4v) is 2.78. The lowest BCUT2D eigenvalue weighted by Gasteiger charge is -2.15. The van der Waals surface area contributed by atoms with Crippen molar-refractivity contribution >= 4 is 17.4 Å². The fraction of sp³-hybridized carbons (Fsp3) is 0.222. The number of methoxy groups -OCH3 is 2. The predicted molar refractivity (Wildman–Crippen MR) is 89.4 cm³/mol. The Hall–Kier alpha value is -3.22. The Morgan fingerprint density at radius 1 is 1.20 bits per heavy atom. The van der Waals surface area contributed by atoms with Crippen LogP contribution in [-0.2, 0) is 4.74 Å². The standard InChI is InChI=1S/C18H17NO6/c1-9(20)11-5-4-10(8-13(11)21)19-17-12-6-7-14(23-2)16(24-3)15(12)18(22)25-17/h4-8,17,19,21H,1-3H3/t17-/m1/s1. The minimum Gasteiger partial charge on any atom is -0.507 e. The van der Waals surface area contributed by atoms with Crippen LogP contribution in [-0.4, -0.2) is 31.1 Å². The number of esters is 1. The molecule has 0 unspecified atom stereocenters. The molecule has 0 radical (unpaired) electrons. The highest BCUT2D eigenvalue weighted by Gasteiger charge is 2.35. The average molecular weight is 343 g/mol. The Bertz CT molecular complexity index is 861. The second-order valence-corrected chi connectivity index (χ2v) is 5.48. The number of Topliss-reactive ketones (excluding diaryl/α,β-unsaturated/α-hetero) is 1. The maximum absolute atomic E-state index is 12.2. The molecule has 7 heteroatoms. The van der Waals surface area contributed by atoms with Gasteiger partial charge in [-0.2, -0.15) is 0 Å². The highest BCUT2D eigenvalue weighted by Crippen LogP contribution is 2.42. The number of ketones is 1. The lowest BCUT2D eigenvalue weighted by Crippen LogP contribution is -2.10. The molecule has 0 amide bonds. The predicted octanol–water partition coefficient (Wildman–Crippen LogP) is 2.89. The van der Waals surface area contributed by atoms with Crippen LogP contribution in [0, 0.1) is 0 Å². The number of carbonyl (C=O) groups excluding carboxylic acids is 2. The van der Waals surface area contributed by atoms with Crippen molar-refractivity contribution in [2.24, 2.45) is 0 Å². The quantitative estimate of drug-likeness (QED) is 0.637. The number of carbonyl (C=O) groups is 2. The molecule has 0 aliphatic carbocycles. The Labute approximate surface area is 144 Å². The van der Waals surface area contributed by atoms with Crippen molar-refractivity contribution in [3.8, 4) is 17.2 Å². The van der Waals surface area contributed by atoms with E-state index in [1.807, 2.05) is 0 Å². The van der Waals surface area contributed by atoms with E-state index in [2.05, 4.69) is 5.32 Å². The van der Waals surface area contributed by atoms with Crippen LogP contribution in [0.5, 0.6) is 17.2 Å². The lowest BCUT2D eigenvalue weighted by atomic mass is 10.1. The van der Waals surface area contributed by atoms with E-state index >= 15 is 0 Å². The molecular formula is C18H17NO6. The number of benzene rings is 2. The van der Waals surface area contributed by atoms with Gasteiger partial charge in [-0.25, -0.2) is 4.79 Å². The molecule has 0 aromatic heterocycles. The van der Waals surface area contributed by atoms with E-state index in [0.29, 0.717) is 28.3 Å². The monoisotopic (exact) mass is 343 g/mol. The average Bonchev–Trinajstić information content (AvgIpc) is 2.89. The van der Waals surface area contributed by atoms with E-state index in [9.17, 15) is 14.7 Å². The zero-order chi connectivity index (χ0) is 18.1. The summed E-state index contributed by atoms with van der Waals surface area (Å²) in [7, 11) is 2.93. The van der Waals surface area contributed by atoms with Gasteiger partial charge in [0.05, 0.1) is 19.8 Å².